The van der Waals surface area contributed by atoms with Gasteiger partial charge in [-0.3, -0.25) is 0 Å². The standard InChI is InChI=1S/C8H8F3IN2O2/c9-8(10,11)16-7-4(2-13)1-6(12)14-5(7)3-15/h1,15H,2-3,13H2. The number of rotatable bonds is 3. The molecule has 0 radical (unpaired) electrons. The molecule has 90 valence electrons. The van der Waals surface area contributed by atoms with E-state index >= 15 is 0 Å². The van der Waals surface area contributed by atoms with E-state index in [0.29, 0.717) is 3.70 Å². The molecule has 1 heterocycles. The van der Waals surface area contributed by atoms with E-state index in [0.717, 1.165) is 0 Å². The minimum absolute atomic E-state index is 0.128. The van der Waals surface area contributed by atoms with Crippen LogP contribution in [0.3, 0.4) is 0 Å². The highest BCUT2D eigenvalue weighted by Crippen LogP contribution is 2.30. The summed E-state index contributed by atoms with van der Waals surface area (Å²) < 4.78 is 40.5. The summed E-state index contributed by atoms with van der Waals surface area (Å²) in [6.07, 6.45) is -4.83. The van der Waals surface area contributed by atoms with Gasteiger partial charge in [-0.2, -0.15) is 0 Å². The zero-order valence-electron chi connectivity index (χ0n) is 7.88. The molecule has 0 aliphatic rings. The van der Waals surface area contributed by atoms with Crippen molar-refractivity contribution in [2.45, 2.75) is 19.5 Å². The number of aliphatic hydroxyl groups excluding tert-OH is 1. The van der Waals surface area contributed by atoms with E-state index in [4.69, 9.17) is 10.8 Å². The lowest BCUT2D eigenvalue weighted by Gasteiger charge is -2.15. The molecule has 8 heteroatoms. The second kappa shape index (κ2) is 5.15. The third-order valence-electron chi connectivity index (χ3n) is 1.68. The Bertz CT molecular complexity index is 359. The van der Waals surface area contributed by atoms with E-state index in [1.54, 1.807) is 0 Å². The van der Waals surface area contributed by atoms with Crippen molar-refractivity contribution >= 4 is 22.6 Å². The van der Waals surface area contributed by atoms with Gasteiger partial charge in [0.1, 0.15) is 9.39 Å². The first kappa shape index (κ1) is 13.5. The van der Waals surface area contributed by atoms with Gasteiger partial charge in [0.2, 0.25) is 0 Å². The zero-order chi connectivity index (χ0) is 12.3. The Hall–Kier alpha value is -0.610. The number of hydrogen-bond acceptors (Lipinski definition) is 4. The van der Waals surface area contributed by atoms with Crippen LogP contribution in [0.1, 0.15) is 11.3 Å². The number of aromatic nitrogens is 1. The summed E-state index contributed by atoms with van der Waals surface area (Å²) in [7, 11) is 0. The summed E-state index contributed by atoms with van der Waals surface area (Å²) in [5, 5.41) is 8.91. The zero-order valence-corrected chi connectivity index (χ0v) is 10.0. The summed E-state index contributed by atoms with van der Waals surface area (Å²) in [6.45, 7) is -0.772. The molecule has 0 bridgehead atoms. The molecule has 0 atom stereocenters. The second-order valence-corrected chi connectivity index (χ2v) is 3.90. The first-order valence-electron chi connectivity index (χ1n) is 4.12. The molecule has 0 aliphatic carbocycles. The third kappa shape index (κ3) is 3.46. The fraction of sp³-hybridized carbons (Fsp3) is 0.375. The molecule has 0 spiro atoms. The molecule has 0 amide bonds. The first-order valence-corrected chi connectivity index (χ1v) is 5.20. The van der Waals surface area contributed by atoms with Crippen LogP contribution in [0.25, 0.3) is 0 Å². The molecule has 16 heavy (non-hydrogen) atoms. The molecule has 1 aromatic rings. The lowest BCUT2D eigenvalue weighted by Crippen LogP contribution is -2.20. The number of nitrogens with zero attached hydrogens (tertiary/aromatic N) is 1. The Kier molecular flexibility index (Phi) is 4.33. The molecular weight excluding hydrogens is 340 g/mol. The topological polar surface area (TPSA) is 68.4 Å². The van der Waals surface area contributed by atoms with E-state index in [1.807, 2.05) is 22.6 Å². The average Bonchev–Trinajstić information content (AvgIpc) is 2.18. The van der Waals surface area contributed by atoms with Gasteiger partial charge in [-0.05, 0) is 28.7 Å². The van der Waals surface area contributed by atoms with Crippen LogP contribution >= 0.6 is 22.6 Å². The number of pyridine rings is 1. The molecule has 0 saturated heterocycles. The molecule has 0 saturated carbocycles. The lowest BCUT2D eigenvalue weighted by molar-refractivity contribution is -0.275. The highest BCUT2D eigenvalue weighted by atomic mass is 127. The van der Waals surface area contributed by atoms with Gasteiger partial charge in [0.25, 0.3) is 0 Å². The Morgan fingerprint density at radius 2 is 2.12 bits per heavy atom. The van der Waals surface area contributed by atoms with Crippen LogP contribution in [0, 0.1) is 3.70 Å². The normalized spacial score (nSPS) is 11.6. The predicted molar refractivity (Wildman–Crippen MR) is 57.5 cm³/mol. The highest BCUT2D eigenvalue weighted by Gasteiger charge is 2.33. The fourth-order valence-corrected chi connectivity index (χ4v) is 1.77. The Balaban J connectivity index is 3.22. The fourth-order valence-electron chi connectivity index (χ4n) is 1.11. The largest absolute Gasteiger partial charge is 0.573 e. The van der Waals surface area contributed by atoms with Crippen molar-refractivity contribution in [2.24, 2.45) is 5.73 Å². The molecule has 4 nitrogen and oxygen atoms in total. The van der Waals surface area contributed by atoms with Crippen molar-refractivity contribution < 1.29 is 23.0 Å². The van der Waals surface area contributed by atoms with Gasteiger partial charge in [-0.1, -0.05) is 0 Å². The maximum absolute atomic E-state index is 12.1. The van der Waals surface area contributed by atoms with Crippen molar-refractivity contribution in [3.8, 4) is 5.75 Å². The van der Waals surface area contributed by atoms with Gasteiger partial charge in [0.05, 0.1) is 6.61 Å². The van der Waals surface area contributed by atoms with Gasteiger partial charge in [-0.25, -0.2) is 4.98 Å². The van der Waals surface area contributed by atoms with Gasteiger partial charge in [0, 0.05) is 12.1 Å². The summed E-state index contributed by atoms with van der Waals surface area (Å²) in [4.78, 5) is 3.74. The smallest absolute Gasteiger partial charge is 0.403 e. The summed E-state index contributed by atoms with van der Waals surface area (Å²) in [5.74, 6) is -0.516. The minimum atomic E-state index is -4.83. The number of hydrogen-bond donors (Lipinski definition) is 2. The SMILES string of the molecule is NCc1cc(I)nc(CO)c1OC(F)(F)F. The van der Waals surface area contributed by atoms with E-state index in [1.165, 1.54) is 6.07 Å². The maximum Gasteiger partial charge on any atom is 0.573 e. The predicted octanol–water partition coefficient (Wildman–Crippen LogP) is 1.54. The number of halogens is 4. The highest BCUT2D eigenvalue weighted by molar-refractivity contribution is 14.1. The number of ether oxygens (including phenoxy) is 1. The molecular formula is C8H8F3IN2O2. The Morgan fingerprint density at radius 1 is 1.50 bits per heavy atom. The summed E-state index contributed by atoms with van der Waals surface area (Å²) in [5.41, 5.74) is 5.28. The molecule has 0 fully saturated rings. The monoisotopic (exact) mass is 348 g/mol. The van der Waals surface area contributed by atoms with Crippen molar-refractivity contribution in [3.63, 3.8) is 0 Å². The Labute approximate surface area is 103 Å². The van der Waals surface area contributed by atoms with Gasteiger partial charge in [-0.15, -0.1) is 13.2 Å². The van der Waals surface area contributed by atoms with Crippen LogP contribution in [0.15, 0.2) is 6.07 Å². The van der Waals surface area contributed by atoms with Crippen LogP contribution in [-0.2, 0) is 13.2 Å². The van der Waals surface area contributed by atoms with Crippen molar-refractivity contribution in [1.29, 1.82) is 0 Å². The molecule has 0 unspecified atom stereocenters. The van der Waals surface area contributed by atoms with Crippen molar-refractivity contribution in [3.05, 3.63) is 21.0 Å². The number of nitrogens with two attached hydrogens (primary N) is 1. The first-order chi connectivity index (χ1) is 7.37. The van der Waals surface area contributed by atoms with Crippen LogP contribution in [0.2, 0.25) is 0 Å². The van der Waals surface area contributed by atoms with Gasteiger partial charge in [0.15, 0.2) is 5.75 Å². The van der Waals surface area contributed by atoms with E-state index in [-0.39, 0.29) is 17.8 Å². The minimum Gasteiger partial charge on any atom is -0.403 e. The average molecular weight is 348 g/mol. The summed E-state index contributed by atoms with van der Waals surface area (Å²) >= 11 is 1.82. The van der Waals surface area contributed by atoms with Crippen LogP contribution in [0.4, 0.5) is 13.2 Å². The second-order valence-electron chi connectivity index (χ2n) is 2.79. The van der Waals surface area contributed by atoms with Crippen LogP contribution in [0.5, 0.6) is 5.75 Å². The third-order valence-corrected chi connectivity index (χ3v) is 2.23. The lowest BCUT2D eigenvalue weighted by atomic mass is 10.2. The molecule has 1 rings (SSSR count). The van der Waals surface area contributed by atoms with Crippen molar-refractivity contribution in [2.75, 3.05) is 0 Å². The number of aliphatic hydroxyl groups is 1. The molecule has 0 aromatic carbocycles. The maximum atomic E-state index is 12.1. The van der Waals surface area contributed by atoms with E-state index < -0.39 is 18.7 Å². The molecule has 3 N–H and O–H groups in total. The number of alkyl halides is 3. The van der Waals surface area contributed by atoms with Gasteiger partial charge >= 0.3 is 6.36 Å². The van der Waals surface area contributed by atoms with Crippen LogP contribution < -0.4 is 10.5 Å². The van der Waals surface area contributed by atoms with E-state index in [9.17, 15) is 13.2 Å². The van der Waals surface area contributed by atoms with E-state index in [2.05, 4.69) is 9.72 Å². The van der Waals surface area contributed by atoms with Crippen LogP contribution in [-0.4, -0.2) is 16.5 Å². The quantitative estimate of drug-likeness (QED) is 0.642. The molecule has 0 aliphatic heterocycles. The summed E-state index contributed by atoms with van der Waals surface area (Å²) in [6, 6.07) is 1.38. The Morgan fingerprint density at radius 3 is 2.56 bits per heavy atom. The molecule has 1 aromatic heterocycles. The van der Waals surface area contributed by atoms with Crippen molar-refractivity contribution in [1.82, 2.24) is 4.98 Å². The van der Waals surface area contributed by atoms with Gasteiger partial charge < -0.3 is 15.6 Å².